The van der Waals surface area contributed by atoms with Crippen LogP contribution >= 0.6 is 15.9 Å². The Morgan fingerprint density at radius 1 is 1.14 bits per heavy atom. The fourth-order valence-corrected chi connectivity index (χ4v) is 2.00. The second-order valence-corrected chi connectivity index (χ2v) is 5.86. The van der Waals surface area contributed by atoms with Crippen LogP contribution in [0.3, 0.4) is 0 Å². The Labute approximate surface area is 138 Å². The molecule has 0 aliphatic rings. The van der Waals surface area contributed by atoms with Gasteiger partial charge in [-0.15, -0.1) is 0 Å². The summed E-state index contributed by atoms with van der Waals surface area (Å²) in [5.74, 6) is 0.564. The first kappa shape index (κ1) is 16.2. The van der Waals surface area contributed by atoms with Gasteiger partial charge in [-0.2, -0.15) is 5.10 Å². The fourth-order valence-electron chi connectivity index (χ4n) is 1.74. The maximum Gasteiger partial charge on any atom is 0.271 e. The average Bonchev–Trinajstić information content (AvgIpc) is 2.49. The van der Waals surface area contributed by atoms with E-state index in [0.29, 0.717) is 5.56 Å². The van der Waals surface area contributed by atoms with E-state index in [1.165, 1.54) is 0 Å². The molecule has 0 radical (unpaired) electrons. The molecule has 2 aromatic carbocycles. The highest BCUT2D eigenvalue weighted by molar-refractivity contribution is 9.10. The number of carbonyl (C=O) groups excluding carboxylic acids is 1. The summed E-state index contributed by atoms with van der Waals surface area (Å²) in [5, 5.41) is 3.95. The van der Waals surface area contributed by atoms with Crippen LogP contribution in [0, 0.1) is 0 Å². The van der Waals surface area contributed by atoms with Gasteiger partial charge in [0.05, 0.1) is 12.3 Å². The second-order valence-electron chi connectivity index (χ2n) is 4.94. The quantitative estimate of drug-likeness (QED) is 0.647. The summed E-state index contributed by atoms with van der Waals surface area (Å²) in [6.45, 7) is 3.96. The first-order chi connectivity index (χ1) is 10.5. The first-order valence-electron chi connectivity index (χ1n) is 6.90. The van der Waals surface area contributed by atoms with Gasteiger partial charge in [0.15, 0.2) is 0 Å². The number of ether oxygens (including phenoxy) is 1. The third-order valence-electron chi connectivity index (χ3n) is 2.74. The van der Waals surface area contributed by atoms with Crippen LogP contribution in [0.4, 0.5) is 0 Å². The van der Waals surface area contributed by atoms with Gasteiger partial charge in [-0.3, -0.25) is 4.79 Å². The van der Waals surface area contributed by atoms with Gasteiger partial charge in [-0.1, -0.05) is 15.9 Å². The van der Waals surface area contributed by atoms with Crippen molar-refractivity contribution in [1.82, 2.24) is 5.43 Å². The van der Waals surface area contributed by atoms with E-state index in [9.17, 15) is 4.79 Å². The molecule has 0 aromatic heterocycles. The molecule has 0 saturated heterocycles. The van der Waals surface area contributed by atoms with Crippen molar-refractivity contribution >= 4 is 28.1 Å². The van der Waals surface area contributed by atoms with Crippen molar-refractivity contribution in [1.29, 1.82) is 0 Å². The Balaban J connectivity index is 1.91. The van der Waals surface area contributed by atoms with Crippen molar-refractivity contribution in [2.75, 3.05) is 0 Å². The molecule has 0 spiro atoms. The molecule has 4 nitrogen and oxygen atoms in total. The summed E-state index contributed by atoms with van der Waals surface area (Å²) in [6.07, 6.45) is 1.74. The van der Waals surface area contributed by atoms with Crippen LogP contribution in [0.1, 0.15) is 29.8 Å². The zero-order chi connectivity index (χ0) is 15.9. The predicted octanol–water partition coefficient (Wildman–Crippen LogP) is 4.00. The van der Waals surface area contributed by atoms with Gasteiger partial charge in [0.25, 0.3) is 5.91 Å². The minimum atomic E-state index is -0.247. The van der Waals surface area contributed by atoms with Crippen molar-refractivity contribution in [2.24, 2.45) is 5.10 Å². The van der Waals surface area contributed by atoms with Gasteiger partial charge in [0, 0.05) is 10.0 Å². The van der Waals surface area contributed by atoms with Crippen molar-refractivity contribution in [3.63, 3.8) is 0 Å². The summed E-state index contributed by atoms with van der Waals surface area (Å²) in [7, 11) is 0. The summed E-state index contributed by atoms with van der Waals surface area (Å²) in [5.41, 5.74) is 3.94. The van der Waals surface area contributed by atoms with Crippen LogP contribution in [-0.4, -0.2) is 18.2 Å². The van der Waals surface area contributed by atoms with E-state index in [0.717, 1.165) is 15.8 Å². The normalized spacial score (nSPS) is 10.9. The lowest BCUT2D eigenvalue weighted by atomic mass is 10.2. The van der Waals surface area contributed by atoms with Crippen molar-refractivity contribution in [2.45, 2.75) is 20.0 Å². The largest absolute Gasteiger partial charge is 0.491 e. The van der Waals surface area contributed by atoms with E-state index in [4.69, 9.17) is 4.74 Å². The summed E-state index contributed by atoms with van der Waals surface area (Å²) < 4.78 is 6.49. The molecule has 2 aromatic rings. The predicted molar refractivity (Wildman–Crippen MR) is 91.4 cm³/mol. The molecule has 0 fully saturated rings. The molecule has 0 bridgehead atoms. The zero-order valence-corrected chi connectivity index (χ0v) is 14.0. The highest BCUT2D eigenvalue weighted by Gasteiger charge is 2.03. The van der Waals surface area contributed by atoms with Gasteiger partial charge >= 0.3 is 0 Å². The second kappa shape index (κ2) is 7.75. The van der Waals surface area contributed by atoms with Gasteiger partial charge < -0.3 is 4.74 Å². The average molecular weight is 361 g/mol. The van der Waals surface area contributed by atoms with Gasteiger partial charge in [-0.05, 0) is 67.9 Å². The molecule has 0 unspecified atom stereocenters. The Bertz CT molecular complexity index is 649. The molecule has 0 heterocycles. The highest BCUT2D eigenvalue weighted by Crippen LogP contribution is 2.13. The fraction of sp³-hybridized carbons (Fsp3) is 0.176. The lowest BCUT2D eigenvalue weighted by Gasteiger charge is -2.09. The van der Waals surface area contributed by atoms with Crippen LogP contribution in [0.15, 0.2) is 58.1 Å². The van der Waals surface area contributed by atoms with Gasteiger partial charge in [-0.25, -0.2) is 5.43 Å². The van der Waals surface area contributed by atoms with E-state index in [1.807, 2.05) is 50.2 Å². The molecule has 0 aliphatic carbocycles. The Hall–Kier alpha value is -2.14. The van der Waals surface area contributed by atoms with E-state index in [-0.39, 0.29) is 12.0 Å². The monoisotopic (exact) mass is 360 g/mol. The Kier molecular flexibility index (Phi) is 5.72. The van der Waals surface area contributed by atoms with Gasteiger partial charge in [0.1, 0.15) is 5.75 Å². The number of hydrogen-bond acceptors (Lipinski definition) is 3. The number of halogens is 1. The molecule has 0 saturated carbocycles. The smallest absolute Gasteiger partial charge is 0.271 e. The Morgan fingerprint density at radius 2 is 1.77 bits per heavy atom. The molecule has 1 N–H and O–H groups in total. The molecule has 22 heavy (non-hydrogen) atoms. The summed E-state index contributed by atoms with van der Waals surface area (Å²) in [6, 6.07) is 14.6. The van der Waals surface area contributed by atoms with Crippen molar-refractivity contribution < 1.29 is 9.53 Å². The maximum absolute atomic E-state index is 11.9. The zero-order valence-electron chi connectivity index (χ0n) is 12.4. The van der Waals surface area contributed by atoms with Crippen molar-refractivity contribution in [3.05, 3.63) is 64.1 Å². The lowest BCUT2D eigenvalue weighted by molar-refractivity contribution is 0.0955. The van der Waals surface area contributed by atoms with Crippen molar-refractivity contribution in [3.8, 4) is 5.75 Å². The van der Waals surface area contributed by atoms with E-state index < -0.39 is 0 Å². The molecule has 1 amide bonds. The summed E-state index contributed by atoms with van der Waals surface area (Å²) >= 11 is 3.33. The minimum Gasteiger partial charge on any atom is -0.491 e. The number of hydrazone groups is 1. The summed E-state index contributed by atoms with van der Waals surface area (Å²) in [4.78, 5) is 11.9. The van der Waals surface area contributed by atoms with E-state index in [2.05, 4.69) is 26.5 Å². The SMILES string of the molecule is CC(C)Oc1ccc(/C=N\NC(=O)c2ccc(Br)cc2)cc1. The number of hydrogen-bond donors (Lipinski definition) is 1. The number of nitrogens with one attached hydrogen (secondary N) is 1. The highest BCUT2D eigenvalue weighted by atomic mass is 79.9. The van der Waals surface area contributed by atoms with E-state index in [1.54, 1.807) is 18.3 Å². The van der Waals surface area contributed by atoms with Crippen LogP contribution < -0.4 is 10.2 Å². The van der Waals surface area contributed by atoms with Crippen LogP contribution in [0.5, 0.6) is 5.75 Å². The van der Waals surface area contributed by atoms with Gasteiger partial charge in [0.2, 0.25) is 0 Å². The third-order valence-corrected chi connectivity index (χ3v) is 3.27. The van der Waals surface area contributed by atoms with Crippen LogP contribution in [0.2, 0.25) is 0 Å². The molecule has 2 rings (SSSR count). The molecule has 5 heteroatoms. The number of amides is 1. The van der Waals surface area contributed by atoms with Crippen LogP contribution in [0.25, 0.3) is 0 Å². The molecule has 0 atom stereocenters. The molecule has 114 valence electrons. The standard InChI is InChI=1S/C17H17BrN2O2/c1-12(2)22-16-9-3-13(4-10-16)11-19-20-17(21)14-5-7-15(18)8-6-14/h3-12H,1-2H3,(H,20,21)/b19-11-. The Morgan fingerprint density at radius 3 is 2.36 bits per heavy atom. The molecular weight excluding hydrogens is 344 g/mol. The maximum atomic E-state index is 11.9. The van der Waals surface area contributed by atoms with E-state index >= 15 is 0 Å². The topological polar surface area (TPSA) is 50.7 Å². The molecular formula is C17H17BrN2O2. The number of carbonyl (C=O) groups is 1. The lowest BCUT2D eigenvalue weighted by Crippen LogP contribution is -2.17. The van der Waals surface area contributed by atoms with Crippen LogP contribution in [-0.2, 0) is 0 Å². The number of nitrogens with zero attached hydrogens (tertiary/aromatic N) is 1. The third kappa shape index (κ3) is 5.00. The number of rotatable bonds is 5. The molecule has 0 aliphatic heterocycles. The first-order valence-corrected chi connectivity index (χ1v) is 7.69. The minimum absolute atomic E-state index is 0.143. The number of benzene rings is 2.